The maximum atomic E-state index is 10.3. The summed E-state index contributed by atoms with van der Waals surface area (Å²) in [5.74, 6) is -1.54. The van der Waals surface area contributed by atoms with Gasteiger partial charge in [0.15, 0.2) is 0 Å². The van der Waals surface area contributed by atoms with E-state index in [1.54, 1.807) is 0 Å². The molecule has 0 heterocycles. The van der Waals surface area contributed by atoms with Gasteiger partial charge in [-0.05, 0) is 30.9 Å². The highest BCUT2D eigenvalue weighted by atomic mass is 32.1. The van der Waals surface area contributed by atoms with Gasteiger partial charge in [0.05, 0.1) is 12.7 Å². The van der Waals surface area contributed by atoms with Crippen molar-refractivity contribution in [2.75, 3.05) is 6.61 Å². The average Bonchev–Trinajstić information content (AvgIpc) is 2.77. The molecule has 2 rings (SSSR count). The minimum absolute atomic E-state index is 0.0253. The summed E-state index contributed by atoms with van der Waals surface area (Å²) >= 11 is 8.66. The Balaban J connectivity index is 0.000000479. The van der Waals surface area contributed by atoms with E-state index in [0.29, 0.717) is 12.8 Å². The van der Waals surface area contributed by atoms with Gasteiger partial charge < -0.3 is 20.4 Å². The third-order valence-corrected chi connectivity index (χ3v) is 5.01. The third kappa shape index (κ3) is 16.4. The van der Waals surface area contributed by atoms with E-state index in [1.807, 2.05) is 60.7 Å². The lowest BCUT2D eigenvalue weighted by Gasteiger charge is -2.08. The van der Waals surface area contributed by atoms with Gasteiger partial charge in [0.25, 0.3) is 0 Å². The van der Waals surface area contributed by atoms with Crippen molar-refractivity contribution in [1.29, 1.82) is 0 Å². The van der Waals surface area contributed by atoms with Crippen LogP contribution in [0.25, 0.3) is 0 Å². The summed E-state index contributed by atoms with van der Waals surface area (Å²) in [6.45, 7) is 1.39. The van der Waals surface area contributed by atoms with Gasteiger partial charge in [-0.3, -0.25) is 9.59 Å². The largest absolute Gasteiger partial charge is 0.481 e. The number of thiol groups is 2. The van der Waals surface area contributed by atoms with Gasteiger partial charge in [0.1, 0.15) is 0 Å². The fourth-order valence-corrected chi connectivity index (χ4v) is 2.81. The monoisotopic (exact) mass is 468 g/mol. The maximum absolute atomic E-state index is 10.3. The van der Waals surface area contributed by atoms with E-state index in [2.05, 4.69) is 25.3 Å². The van der Waals surface area contributed by atoms with Gasteiger partial charge in [0, 0.05) is 23.3 Å². The van der Waals surface area contributed by atoms with Crippen LogP contribution in [0.15, 0.2) is 60.7 Å². The molecule has 0 saturated heterocycles. The van der Waals surface area contributed by atoms with E-state index >= 15 is 0 Å². The third-order valence-electron chi connectivity index (χ3n) is 3.90. The molecule has 4 N–H and O–H groups in total. The van der Waals surface area contributed by atoms with Crippen molar-refractivity contribution in [2.45, 2.75) is 49.2 Å². The summed E-state index contributed by atoms with van der Waals surface area (Å²) in [5, 5.41) is 33.0. The minimum Gasteiger partial charge on any atom is -0.481 e. The van der Waals surface area contributed by atoms with Crippen LogP contribution in [-0.2, 0) is 9.59 Å². The van der Waals surface area contributed by atoms with Crippen molar-refractivity contribution >= 4 is 37.2 Å². The highest BCUT2D eigenvalue weighted by molar-refractivity contribution is 7.80. The number of carboxylic acids is 2. The van der Waals surface area contributed by atoms with Gasteiger partial charge in [0.2, 0.25) is 0 Å². The lowest BCUT2D eigenvalue weighted by Crippen LogP contribution is -2.03. The van der Waals surface area contributed by atoms with Gasteiger partial charge >= 0.3 is 11.9 Å². The first-order valence-electron chi connectivity index (χ1n) is 9.85. The lowest BCUT2D eigenvalue weighted by molar-refractivity contribution is -0.138. The molecule has 6 nitrogen and oxygen atoms in total. The zero-order chi connectivity index (χ0) is 23.6. The van der Waals surface area contributed by atoms with Crippen LogP contribution >= 0.6 is 25.3 Å². The van der Waals surface area contributed by atoms with Crippen LogP contribution in [0.1, 0.15) is 54.2 Å². The molecule has 8 heteroatoms. The Morgan fingerprint density at radius 3 is 1.29 bits per heavy atom. The molecule has 0 spiro atoms. The second-order valence-electron chi connectivity index (χ2n) is 6.75. The van der Waals surface area contributed by atoms with E-state index in [4.69, 9.17) is 20.4 Å². The van der Waals surface area contributed by atoms with E-state index in [-0.39, 0.29) is 29.9 Å². The summed E-state index contributed by atoms with van der Waals surface area (Å²) in [6, 6.07) is 19.4. The molecule has 3 unspecified atom stereocenters. The number of aliphatic hydroxyl groups is 2. The SMILES string of the molecule is CC(O)CO.O=C(O)CCC(S)c1ccccc1.O=C(O)CCC(S)c1ccccc1. The minimum atomic E-state index is -0.769. The van der Waals surface area contributed by atoms with E-state index in [1.165, 1.54) is 6.92 Å². The number of carbonyl (C=O) groups is 2. The Bertz CT molecular complexity index is 666. The van der Waals surface area contributed by atoms with Crippen molar-refractivity contribution in [3.05, 3.63) is 71.8 Å². The fraction of sp³-hybridized carbons (Fsp3) is 0.391. The quantitative estimate of drug-likeness (QED) is 0.304. The molecule has 0 bridgehead atoms. The zero-order valence-corrected chi connectivity index (χ0v) is 19.3. The van der Waals surface area contributed by atoms with Crippen LogP contribution in [0.5, 0.6) is 0 Å². The van der Waals surface area contributed by atoms with Crippen molar-refractivity contribution in [2.24, 2.45) is 0 Å². The molecule has 0 radical (unpaired) electrons. The fourth-order valence-electron chi connectivity index (χ4n) is 2.20. The number of benzene rings is 2. The van der Waals surface area contributed by atoms with E-state index in [9.17, 15) is 9.59 Å². The van der Waals surface area contributed by atoms with Crippen molar-refractivity contribution in [1.82, 2.24) is 0 Å². The van der Waals surface area contributed by atoms with Crippen LogP contribution < -0.4 is 0 Å². The molecule has 31 heavy (non-hydrogen) atoms. The number of hydrogen-bond acceptors (Lipinski definition) is 6. The second kappa shape index (κ2) is 17.7. The number of carboxylic acid groups (broad SMARTS) is 2. The standard InChI is InChI=1S/2C10H12O2S.C3H8O2/c2*11-10(12)7-6-9(13)8-4-2-1-3-5-8;1-3(5)2-4/h2*1-5,9,13H,6-7H2,(H,11,12);3-5H,2H2,1H3. The Kier molecular flexibility index (Phi) is 16.5. The number of hydrogen-bond donors (Lipinski definition) is 6. The number of aliphatic hydroxyl groups excluding tert-OH is 2. The molecule has 2 aromatic carbocycles. The van der Waals surface area contributed by atoms with Gasteiger partial charge in [-0.1, -0.05) is 60.7 Å². The molecule has 0 aliphatic rings. The number of rotatable bonds is 9. The Hall–Kier alpha value is -2.00. The summed E-state index contributed by atoms with van der Waals surface area (Å²) in [7, 11) is 0. The summed E-state index contributed by atoms with van der Waals surface area (Å²) in [6.07, 6.45) is 0.923. The Labute approximate surface area is 194 Å². The Morgan fingerprint density at radius 2 is 1.06 bits per heavy atom. The van der Waals surface area contributed by atoms with Crippen molar-refractivity contribution in [3.63, 3.8) is 0 Å². The first-order chi connectivity index (χ1) is 14.7. The van der Waals surface area contributed by atoms with Crippen LogP contribution in [0.4, 0.5) is 0 Å². The Morgan fingerprint density at radius 1 is 0.774 bits per heavy atom. The van der Waals surface area contributed by atoms with Gasteiger partial charge in [-0.15, -0.1) is 0 Å². The van der Waals surface area contributed by atoms with Crippen LogP contribution in [-0.4, -0.2) is 45.1 Å². The highest BCUT2D eigenvalue weighted by Crippen LogP contribution is 2.25. The van der Waals surface area contributed by atoms with E-state index in [0.717, 1.165) is 11.1 Å². The predicted molar refractivity (Wildman–Crippen MR) is 129 cm³/mol. The predicted octanol–water partition coefficient (Wildman–Crippen LogP) is 4.40. The molecule has 2 aromatic rings. The molecule has 0 fully saturated rings. The summed E-state index contributed by atoms with van der Waals surface area (Å²) in [5.41, 5.74) is 2.15. The highest BCUT2D eigenvalue weighted by Gasteiger charge is 2.08. The molecule has 0 saturated carbocycles. The summed E-state index contributed by atoms with van der Waals surface area (Å²) < 4.78 is 0. The lowest BCUT2D eigenvalue weighted by atomic mass is 10.1. The van der Waals surface area contributed by atoms with Crippen molar-refractivity contribution < 1.29 is 30.0 Å². The smallest absolute Gasteiger partial charge is 0.303 e. The molecule has 0 amide bonds. The molecular weight excluding hydrogens is 436 g/mol. The molecule has 172 valence electrons. The second-order valence-corrected chi connectivity index (χ2v) is 8.00. The molecule has 0 aromatic heterocycles. The molecule has 0 aliphatic heterocycles. The van der Waals surface area contributed by atoms with Crippen molar-refractivity contribution in [3.8, 4) is 0 Å². The van der Waals surface area contributed by atoms with Crippen LogP contribution in [0, 0.1) is 0 Å². The average molecular weight is 469 g/mol. The molecular formula is C23H32O6S2. The van der Waals surface area contributed by atoms with E-state index < -0.39 is 18.0 Å². The first kappa shape index (κ1) is 29.0. The van der Waals surface area contributed by atoms with Gasteiger partial charge in [-0.25, -0.2) is 0 Å². The maximum Gasteiger partial charge on any atom is 0.303 e. The normalized spacial score (nSPS) is 12.8. The number of aliphatic carboxylic acids is 2. The van der Waals surface area contributed by atoms with Gasteiger partial charge in [-0.2, -0.15) is 25.3 Å². The molecule has 0 aliphatic carbocycles. The topological polar surface area (TPSA) is 115 Å². The molecule has 3 atom stereocenters. The van der Waals surface area contributed by atoms with Crippen LogP contribution in [0.2, 0.25) is 0 Å². The summed E-state index contributed by atoms with van der Waals surface area (Å²) in [4.78, 5) is 20.6. The zero-order valence-electron chi connectivity index (χ0n) is 17.5. The van der Waals surface area contributed by atoms with Crippen LogP contribution in [0.3, 0.4) is 0 Å². The first-order valence-corrected chi connectivity index (χ1v) is 10.9.